The van der Waals surface area contributed by atoms with Gasteiger partial charge in [0.25, 0.3) is 0 Å². The van der Waals surface area contributed by atoms with E-state index in [0.717, 1.165) is 39.0 Å². The normalized spacial score (nSPS) is 17.8. The maximum atomic E-state index is 5.33. The molecular formula is C12H21N3O. The van der Waals surface area contributed by atoms with Crippen LogP contribution >= 0.6 is 0 Å². The third-order valence-electron chi connectivity index (χ3n) is 3.21. The summed E-state index contributed by atoms with van der Waals surface area (Å²) in [5.74, 6) is 0. The Balaban J connectivity index is 1.59. The molecule has 0 spiro atoms. The number of nitrogens with one attached hydrogen (secondary N) is 2. The monoisotopic (exact) mass is 223 g/mol. The average molecular weight is 223 g/mol. The van der Waals surface area contributed by atoms with Gasteiger partial charge in [0.15, 0.2) is 0 Å². The summed E-state index contributed by atoms with van der Waals surface area (Å²) in [6, 6.07) is 0.666. The Bertz CT molecular complexity index is 305. The van der Waals surface area contributed by atoms with E-state index < -0.39 is 0 Å². The van der Waals surface area contributed by atoms with Crippen LogP contribution in [0.25, 0.3) is 0 Å². The van der Waals surface area contributed by atoms with Gasteiger partial charge in [-0.1, -0.05) is 0 Å². The highest BCUT2D eigenvalue weighted by Crippen LogP contribution is 2.08. The van der Waals surface area contributed by atoms with Crippen molar-refractivity contribution in [3.05, 3.63) is 17.5 Å². The number of nitrogens with zero attached hydrogens (tertiary/aromatic N) is 1. The molecule has 2 heterocycles. The highest BCUT2D eigenvalue weighted by molar-refractivity contribution is 5.14. The van der Waals surface area contributed by atoms with E-state index in [-0.39, 0.29) is 0 Å². The molecule has 1 aliphatic rings. The first-order valence-corrected chi connectivity index (χ1v) is 6.16. The molecule has 2 N–H and O–H groups in total. The van der Waals surface area contributed by atoms with E-state index in [1.165, 1.54) is 17.7 Å². The van der Waals surface area contributed by atoms with Gasteiger partial charge in [-0.2, -0.15) is 5.10 Å². The first kappa shape index (κ1) is 11.6. The van der Waals surface area contributed by atoms with Gasteiger partial charge >= 0.3 is 0 Å². The molecule has 1 aromatic heterocycles. The fourth-order valence-corrected chi connectivity index (χ4v) is 2.11. The van der Waals surface area contributed by atoms with Gasteiger partial charge in [0.2, 0.25) is 0 Å². The highest BCUT2D eigenvalue weighted by atomic mass is 16.5. The maximum Gasteiger partial charge on any atom is 0.0522 e. The molecule has 4 heteroatoms. The fourth-order valence-electron chi connectivity index (χ4n) is 2.11. The summed E-state index contributed by atoms with van der Waals surface area (Å²) < 4.78 is 5.33. The SMILES string of the molecule is Cc1[nH]ncc1CCCNC1CCOCC1. The van der Waals surface area contributed by atoms with Crippen molar-refractivity contribution < 1.29 is 4.74 Å². The van der Waals surface area contributed by atoms with Gasteiger partial charge in [-0.3, -0.25) is 5.10 Å². The number of rotatable bonds is 5. The first-order valence-electron chi connectivity index (χ1n) is 6.16. The summed E-state index contributed by atoms with van der Waals surface area (Å²) in [5, 5.41) is 10.6. The third kappa shape index (κ3) is 3.32. The Morgan fingerprint density at radius 2 is 2.31 bits per heavy atom. The molecular weight excluding hydrogens is 202 g/mol. The van der Waals surface area contributed by atoms with Crippen LogP contribution in [0.4, 0.5) is 0 Å². The smallest absolute Gasteiger partial charge is 0.0522 e. The minimum Gasteiger partial charge on any atom is -0.381 e. The Kier molecular flexibility index (Phi) is 4.36. The second kappa shape index (κ2) is 6.01. The van der Waals surface area contributed by atoms with E-state index in [4.69, 9.17) is 4.74 Å². The summed E-state index contributed by atoms with van der Waals surface area (Å²) in [6.07, 6.45) is 6.54. The van der Waals surface area contributed by atoms with E-state index in [9.17, 15) is 0 Å². The minimum absolute atomic E-state index is 0.666. The molecule has 0 radical (unpaired) electrons. The average Bonchev–Trinajstić information content (AvgIpc) is 2.72. The van der Waals surface area contributed by atoms with Crippen molar-refractivity contribution in [3.8, 4) is 0 Å². The Morgan fingerprint density at radius 3 is 3.00 bits per heavy atom. The summed E-state index contributed by atoms with van der Waals surface area (Å²) in [4.78, 5) is 0. The molecule has 1 fully saturated rings. The Hall–Kier alpha value is -0.870. The van der Waals surface area contributed by atoms with Crippen molar-refractivity contribution in [1.29, 1.82) is 0 Å². The fraction of sp³-hybridized carbons (Fsp3) is 0.750. The van der Waals surface area contributed by atoms with Crippen LogP contribution in [-0.4, -0.2) is 36.0 Å². The zero-order valence-electron chi connectivity index (χ0n) is 9.96. The lowest BCUT2D eigenvalue weighted by atomic mass is 10.1. The second-order valence-electron chi connectivity index (χ2n) is 4.46. The number of aryl methyl sites for hydroxylation is 2. The molecule has 0 saturated carbocycles. The minimum atomic E-state index is 0.666. The third-order valence-corrected chi connectivity index (χ3v) is 3.21. The lowest BCUT2D eigenvalue weighted by Gasteiger charge is -2.23. The van der Waals surface area contributed by atoms with Crippen molar-refractivity contribution in [2.75, 3.05) is 19.8 Å². The molecule has 2 rings (SSSR count). The molecule has 0 aromatic carbocycles. The van der Waals surface area contributed by atoms with Gasteiger partial charge in [0, 0.05) is 24.9 Å². The largest absolute Gasteiger partial charge is 0.381 e. The van der Waals surface area contributed by atoms with E-state index in [2.05, 4.69) is 22.4 Å². The van der Waals surface area contributed by atoms with Gasteiger partial charge in [0.05, 0.1) is 6.20 Å². The molecule has 0 aliphatic carbocycles. The van der Waals surface area contributed by atoms with Crippen molar-refractivity contribution in [2.45, 2.75) is 38.6 Å². The summed E-state index contributed by atoms with van der Waals surface area (Å²) in [7, 11) is 0. The van der Waals surface area contributed by atoms with Crippen molar-refractivity contribution >= 4 is 0 Å². The van der Waals surface area contributed by atoms with Gasteiger partial charge in [-0.15, -0.1) is 0 Å². The van der Waals surface area contributed by atoms with Crippen molar-refractivity contribution in [1.82, 2.24) is 15.5 Å². The number of hydrogen-bond acceptors (Lipinski definition) is 3. The molecule has 0 atom stereocenters. The van der Waals surface area contributed by atoms with Gasteiger partial charge in [0.1, 0.15) is 0 Å². The molecule has 0 unspecified atom stereocenters. The summed E-state index contributed by atoms with van der Waals surface area (Å²) in [6.45, 7) is 5.00. The van der Waals surface area contributed by atoms with Gasteiger partial charge in [-0.05, 0) is 44.7 Å². The molecule has 16 heavy (non-hydrogen) atoms. The molecule has 4 nitrogen and oxygen atoms in total. The number of hydrogen-bond donors (Lipinski definition) is 2. The second-order valence-corrected chi connectivity index (χ2v) is 4.46. The lowest BCUT2D eigenvalue weighted by molar-refractivity contribution is 0.0780. The summed E-state index contributed by atoms with van der Waals surface area (Å²) >= 11 is 0. The van der Waals surface area contributed by atoms with E-state index in [1.807, 2.05) is 6.20 Å². The number of ether oxygens (including phenoxy) is 1. The van der Waals surface area contributed by atoms with E-state index in [1.54, 1.807) is 0 Å². The zero-order valence-corrected chi connectivity index (χ0v) is 9.96. The standard InChI is InChI=1S/C12H21N3O/c1-10-11(9-14-15-10)3-2-6-13-12-4-7-16-8-5-12/h9,12-13H,2-8H2,1H3,(H,14,15). The van der Waals surface area contributed by atoms with Crippen molar-refractivity contribution in [2.24, 2.45) is 0 Å². The Morgan fingerprint density at radius 1 is 1.50 bits per heavy atom. The lowest BCUT2D eigenvalue weighted by Crippen LogP contribution is -2.35. The van der Waals surface area contributed by atoms with Crippen LogP contribution in [0, 0.1) is 6.92 Å². The quantitative estimate of drug-likeness (QED) is 0.742. The molecule has 1 saturated heterocycles. The van der Waals surface area contributed by atoms with E-state index >= 15 is 0 Å². The van der Waals surface area contributed by atoms with E-state index in [0.29, 0.717) is 6.04 Å². The molecule has 0 bridgehead atoms. The highest BCUT2D eigenvalue weighted by Gasteiger charge is 2.12. The molecule has 0 amide bonds. The van der Waals surface area contributed by atoms with Crippen LogP contribution in [0.5, 0.6) is 0 Å². The molecule has 1 aromatic rings. The van der Waals surface area contributed by atoms with Crippen LogP contribution in [-0.2, 0) is 11.2 Å². The predicted octanol–water partition coefficient (Wildman–Crippen LogP) is 1.42. The predicted molar refractivity (Wildman–Crippen MR) is 63.5 cm³/mol. The first-order chi connectivity index (χ1) is 7.86. The topological polar surface area (TPSA) is 49.9 Å². The number of aromatic amines is 1. The number of aromatic nitrogens is 2. The van der Waals surface area contributed by atoms with Crippen LogP contribution in [0.1, 0.15) is 30.5 Å². The molecule has 90 valence electrons. The van der Waals surface area contributed by atoms with Crippen LogP contribution in [0.2, 0.25) is 0 Å². The molecule has 1 aliphatic heterocycles. The van der Waals surface area contributed by atoms with Crippen LogP contribution in [0.15, 0.2) is 6.20 Å². The zero-order chi connectivity index (χ0) is 11.2. The van der Waals surface area contributed by atoms with Gasteiger partial charge in [-0.25, -0.2) is 0 Å². The van der Waals surface area contributed by atoms with Crippen LogP contribution < -0.4 is 5.32 Å². The van der Waals surface area contributed by atoms with Crippen molar-refractivity contribution in [3.63, 3.8) is 0 Å². The number of H-pyrrole nitrogens is 1. The summed E-state index contributed by atoms with van der Waals surface area (Å²) in [5.41, 5.74) is 2.54. The van der Waals surface area contributed by atoms with Gasteiger partial charge < -0.3 is 10.1 Å². The van der Waals surface area contributed by atoms with Crippen LogP contribution in [0.3, 0.4) is 0 Å². The maximum absolute atomic E-state index is 5.33. The Labute approximate surface area is 96.8 Å².